The van der Waals surface area contributed by atoms with Crippen LogP contribution in [0.3, 0.4) is 0 Å². The Balaban J connectivity index is 1.64. The highest BCUT2D eigenvalue weighted by molar-refractivity contribution is 5.75. The first-order chi connectivity index (χ1) is 11.7. The molecule has 0 spiro atoms. The summed E-state index contributed by atoms with van der Waals surface area (Å²) in [7, 11) is 1.80. The third-order valence-electron chi connectivity index (χ3n) is 4.02. The zero-order valence-electron chi connectivity index (χ0n) is 13.3. The third kappa shape index (κ3) is 2.60. The fourth-order valence-electron chi connectivity index (χ4n) is 2.79. The molecule has 118 valence electrons. The molecule has 0 bridgehead atoms. The summed E-state index contributed by atoms with van der Waals surface area (Å²) in [5, 5.41) is 9.22. The molecule has 0 saturated carbocycles. The summed E-state index contributed by atoms with van der Waals surface area (Å²) in [6.07, 6.45) is 3.48. The number of hydrogen-bond donors (Lipinski definition) is 0. The molecule has 0 aliphatic carbocycles. The van der Waals surface area contributed by atoms with Gasteiger partial charge in [0.1, 0.15) is 0 Å². The van der Waals surface area contributed by atoms with Crippen LogP contribution >= 0.6 is 0 Å². The van der Waals surface area contributed by atoms with E-state index < -0.39 is 0 Å². The lowest BCUT2D eigenvalue weighted by molar-refractivity contribution is 0.645. The molecule has 0 fully saturated rings. The van der Waals surface area contributed by atoms with Gasteiger partial charge in [-0.2, -0.15) is 10.2 Å². The zero-order chi connectivity index (χ0) is 16.5. The van der Waals surface area contributed by atoms with Crippen LogP contribution in [0.2, 0.25) is 0 Å². The van der Waals surface area contributed by atoms with E-state index in [1.54, 1.807) is 24.1 Å². The summed E-state index contributed by atoms with van der Waals surface area (Å²) in [6.45, 7) is 0.431. The Morgan fingerprint density at radius 2 is 1.67 bits per heavy atom. The first-order valence-corrected chi connectivity index (χ1v) is 7.74. The number of rotatable bonds is 3. The summed E-state index contributed by atoms with van der Waals surface area (Å²) >= 11 is 0. The molecule has 2 heterocycles. The first kappa shape index (κ1) is 14.4. The zero-order valence-corrected chi connectivity index (χ0v) is 13.3. The Morgan fingerprint density at radius 3 is 2.42 bits per heavy atom. The molecule has 0 radical (unpaired) electrons. The molecule has 0 aliphatic heterocycles. The van der Waals surface area contributed by atoms with Crippen molar-refractivity contribution in [2.24, 2.45) is 7.05 Å². The second-order valence-corrected chi connectivity index (χ2v) is 5.78. The van der Waals surface area contributed by atoms with Gasteiger partial charge in [-0.1, -0.05) is 54.6 Å². The topological polar surface area (TPSA) is 52.7 Å². The predicted octanol–water partition coefficient (Wildman–Crippen LogP) is 2.85. The average Bonchev–Trinajstić information content (AvgIpc) is 3.00. The van der Waals surface area contributed by atoms with Crippen molar-refractivity contribution >= 4 is 10.9 Å². The molecule has 4 aromatic rings. The molecular weight excluding hydrogens is 300 g/mol. The van der Waals surface area contributed by atoms with Crippen molar-refractivity contribution in [2.75, 3.05) is 0 Å². The fraction of sp³-hybridized carbons (Fsp3) is 0.105. The van der Waals surface area contributed by atoms with Crippen LogP contribution in [-0.2, 0) is 13.6 Å². The van der Waals surface area contributed by atoms with Gasteiger partial charge in [-0.15, -0.1) is 0 Å². The van der Waals surface area contributed by atoms with Crippen LogP contribution in [0, 0.1) is 0 Å². The number of aromatic nitrogens is 4. The molecule has 0 saturated heterocycles. The quantitative estimate of drug-likeness (QED) is 0.584. The van der Waals surface area contributed by atoms with E-state index in [1.165, 1.54) is 10.2 Å². The van der Waals surface area contributed by atoms with Gasteiger partial charge in [0.15, 0.2) is 5.52 Å². The highest BCUT2D eigenvalue weighted by Crippen LogP contribution is 2.19. The number of fused-ring (bicyclic) bond motifs is 1. The molecule has 5 nitrogen and oxygen atoms in total. The molecule has 0 aliphatic rings. The van der Waals surface area contributed by atoms with E-state index in [4.69, 9.17) is 0 Å². The molecule has 2 aromatic carbocycles. The van der Waals surface area contributed by atoms with E-state index >= 15 is 0 Å². The third-order valence-corrected chi connectivity index (χ3v) is 4.02. The van der Waals surface area contributed by atoms with Gasteiger partial charge in [0.25, 0.3) is 5.56 Å². The van der Waals surface area contributed by atoms with Crippen molar-refractivity contribution in [1.82, 2.24) is 19.6 Å². The summed E-state index contributed by atoms with van der Waals surface area (Å²) in [5.74, 6) is 0. The number of aryl methyl sites for hydroxylation is 1. The Kier molecular flexibility index (Phi) is 3.46. The van der Waals surface area contributed by atoms with Crippen LogP contribution in [-0.4, -0.2) is 19.6 Å². The van der Waals surface area contributed by atoms with Gasteiger partial charge >= 0.3 is 0 Å². The molecule has 0 atom stereocenters. The van der Waals surface area contributed by atoms with Gasteiger partial charge in [-0.05, 0) is 16.7 Å². The summed E-state index contributed by atoms with van der Waals surface area (Å²) in [5.41, 5.74) is 3.64. The van der Waals surface area contributed by atoms with Crippen molar-refractivity contribution in [2.45, 2.75) is 6.54 Å². The van der Waals surface area contributed by atoms with Crippen LogP contribution in [0.15, 0.2) is 71.8 Å². The van der Waals surface area contributed by atoms with E-state index in [-0.39, 0.29) is 5.56 Å². The predicted molar refractivity (Wildman–Crippen MR) is 93.7 cm³/mol. The Labute approximate surface area is 138 Å². The van der Waals surface area contributed by atoms with Crippen LogP contribution in [0.5, 0.6) is 0 Å². The van der Waals surface area contributed by atoms with Crippen molar-refractivity contribution in [1.29, 1.82) is 0 Å². The largest absolute Gasteiger partial charge is 0.295 e. The maximum Gasteiger partial charge on any atom is 0.295 e. The van der Waals surface area contributed by atoms with Crippen LogP contribution in [0.1, 0.15) is 5.56 Å². The lowest BCUT2D eigenvalue weighted by atomic mass is 10.0. The van der Waals surface area contributed by atoms with Crippen LogP contribution in [0.25, 0.3) is 22.0 Å². The van der Waals surface area contributed by atoms with Crippen molar-refractivity contribution in [3.8, 4) is 11.1 Å². The second-order valence-electron chi connectivity index (χ2n) is 5.78. The second kappa shape index (κ2) is 5.77. The molecule has 5 heteroatoms. The Bertz CT molecular complexity index is 1050. The molecular formula is C19H16N4O. The van der Waals surface area contributed by atoms with E-state index in [2.05, 4.69) is 34.5 Å². The van der Waals surface area contributed by atoms with Gasteiger partial charge in [-0.25, -0.2) is 4.68 Å². The normalized spacial score (nSPS) is 11.0. The molecule has 0 N–H and O–H groups in total. The van der Waals surface area contributed by atoms with E-state index in [0.29, 0.717) is 12.1 Å². The highest BCUT2D eigenvalue weighted by Gasteiger charge is 2.08. The van der Waals surface area contributed by atoms with Crippen LogP contribution in [0.4, 0.5) is 0 Å². The maximum absolute atomic E-state index is 12.5. The smallest absolute Gasteiger partial charge is 0.274 e. The Hall–Kier alpha value is -3.21. The van der Waals surface area contributed by atoms with Crippen molar-refractivity contribution in [3.63, 3.8) is 0 Å². The molecule has 0 unspecified atom stereocenters. The Morgan fingerprint density at radius 1 is 0.958 bits per heavy atom. The lowest BCUT2D eigenvalue weighted by Crippen LogP contribution is -2.23. The van der Waals surface area contributed by atoms with Gasteiger partial charge in [0.05, 0.1) is 12.7 Å². The SMILES string of the molecule is Cn1cc2cnn(Cc3ccc(-c4ccccc4)cc3)c(=O)c2n1. The van der Waals surface area contributed by atoms with Crippen molar-refractivity contribution < 1.29 is 0 Å². The summed E-state index contributed by atoms with van der Waals surface area (Å²) < 4.78 is 3.08. The van der Waals surface area contributed by atoms with E-state index in [1.807, 2.05) is 30.3 Å². The minimum atomic E-state index is -0.166. The number of benzene rings is 2. The van der Waals surface area contributed by atoms with E-state index in [0.717, 1.165) is 16.5 Å². The summed E-state index contributed by atoms with van der Waals surface area (Å²) in [6, 6.07) is 18.4. The standard InChI is InChI=1S/C19H16N4O/c1-22-13-17-11-20-23(19(24)18(17)21-22)12-14-7-9-16(10-8-14)15-5-3-2-4-6-15/h2-11,13H,12H2,1H3. The van der Waals surface area contributed by atoms with Gasteiger partial charge in [-0.3, -0.25) is 9.48 Å². The van der Waals surface area contributed by atoms with Gasteiger partial charge in [0, 0.05) is 18.6 Å². The van der Waals surface area contributed by atoms with Gasteiger partial charge < -0.3 is 0 Å². The van der Waals surface area contributed by atoms with E-state index in [9.17, 15) is 4.79 Å². The minimum absolute atomic E-state index is 0.166. The fourth-order valence-corrected chi connectivity index (χ4v) is 2.79. The number of nitrogens with zero attached hydrogens (tertiary/aromatic N) is 4. The average molecular weight is 316 g/mol. The molecule has 2 aromatic heterocycles. The highest BCUT2D eigenvalue weighted by atomic mass is 16.1. The number of hydrogen-bond acceptors (Lipinski definition) is 3. The lowest BCUT2D eigenvalue weighted by Gasteiger charge is -2.06. The van der Waals surface area contributed by atoms with Crippen molar-refractivity contribution in [3.05, 3.63) is 82.9 Å². The molecule has 4 rings (SSSR count). The minimum Gasteiger partial charge on any atom is -0.274 e. The molecule has 0 amide bonds. The summed E-state index contributed by atoms with van der Waals surface area (Å²) in [4.78, 5) is 12.5. The van der Waals surface area contributed by atoms with Gasteiger partial charge in [0.2, 0.25) is 0 Å². The maximum atomic E-state index is 12.5. The van der Waals surface area contributed by atoms with Crippen LogP contribution < -0.4 is 5.56 Å². The monoisotopic (exact) mass is 316 g/mol. The first-order valence-electron chi connectivity index (χ1n) is 7.74. The molecule has 24 heavy (non-hydrogen) atoms.